The molecule has 0 bridgehead atoms. The minimum absolute atomic E-state index is 0.161. The van der Waals surface area contributed by atoms with Gasteiger partial charge >= 0.3 is 0 Å². The van der Waals surface area contributed by atoms with Crippen LogP contribution in [0.2, 0.25) is 0 Å². The van der Waals surface area contributed by atoms with E-state index in [1.165, 1.54) is 10.9 Å². The second kappa shape index (κ2) is 10.5. The smallest absolute Gasteiger partial charge is 0.191 e. The lowest BCUT2D eigenvalue weighted by Crippen LogP contribution is -2.48. The Morgan fingerprint density at radius 2 is 2.18 bits per heavy atom. The summed E-state index contributed by atoms with van der Waals surface area (Å²) in [5, 5.41) is 8.85. The fourth-order valence-corrected chi connectivity index (χ4v) is 4.31. The number of ether oxygens (including phenoxy) is 1. The highest BCUT2D eigenvalue weighted by Gasteiger charge is 2.26. The van der Waals surface area contributed by atoms with E-state index in [4.69, 9.17) is 4.74 Å². The number of nitrogens with one attached hydrogen (secondary N) is 2. The fraction of sp³-hybridized carbons (Fsp3) is 0.476. The molecule has 5 nitrogen and oxygen atoms in total. The summed E-state index contributed by atoms with van der Waals surface area (Å²) < 4.78 is 19.5. The number of aliphatic imine (C=N–C) groups is 1. The summed E-state index contributed by atoms with van der Waals surface area (Å²) >= 11 is 1.78. The number of halogens is 1. The van der Waals surface area contributed by atoms with Gasteiger partial charge in [-0.05, 0) is 36.4 Å². The number of hydrogen-bond donors (Lipinski definition) is 2. The van der Waals surface area contributed by atoms with Crippen molar-refractivity contribution in [1.29, 1.82) is 0 Å². The standard InChI is InChI=1S/C21H29FN4OS/c1-16-15-26(11-12-27-16)19(20-8-5-13-28-20)14-25-21(23-2)24-10-9-17-6-3-4-7-18(17)22/h3-8,13,16,19H,9-12,14-15H2,1-2H3,(H2,23,24,25). The molecule has 1 aromatic heterocycles. The molecule has 152 valence electrons. The molecule has 0 amide bonds. The molecule has 2 heterocycles. The largest absolute Gasteiger partial charge is 0.376 e. The maximum absolute atomic E-state index is 13.8. The summed E-state index contributed by atoms with van der Waals surface area (Å²) in [5.41, 5.74) is 0.712. The number of rotatable bonds is 7. The van der Waals surface area contributed by atoms with Crippen LogP contribution in [0.4, 0.5) is 4.39 Å². The molecular formula is C21H29FN4OS. The van der Waals surface area contributed by atoms with E-state index in [0.29, 0.717) is 18.5 Å². The third-order valence-electron chi connectivity index (χ3n) is 4.92. The van der Waals surface area contributed by atoms with Crippen molar-refractivity contribution in [3.8, 4) is 0 Å². The number of morpholine rings is 1. The second-order valence-electron chi connectivity index (χ2n) is 6.93. The third-order valence-corrected chi connectivity index (χ3v) is 5.89. The Kier molecular flexibility index (Phi) is 7.82. The van der Waals surface area contributed by atoms with Crippen molar-refractivity contribution in [2.75, 3.05) is 39.8 Å². The van der Waals surface area contributed by atoms with Crippen LogP contribution in [-0.4, -0.2) is 56.8 Å². The molecule has 1 aliphatic rings. The molecule has 0 radical (unpaired) electrons. The van der Waals surface area contributed by atoms with E-state index >= 15 is 0 Å². The van der Waals surface area contributed by atoms with Gasteiger partial charge < -0.3 is 15.4 Å². The zero-order chi connectivity index (χ0) is 19.8. The Bertz CT molecular complexity index is 753. The van der Waals surface area contributed by atoms with Crippen LogP contribution in [0.3, 0.4) is 0 Å². The van der Waals surface area contributed by atoms with Gasteiger partial charge in [-0.15, -0.1) is 11.3 Å². The molecule has 2 atom stereocenters. The minimum atomic E-state index is -0.161. The van der Waals surface area contributed by atoms with E-state index < -0.39 is 0 Å². The molecule has 2 unspecified atom stereocenters. The van der Waals surface area contributed by atoms with Gasteiger partial charge in [0.15, 0.2) is 5.96 Å². The zero-order valence-corrected chi connectivity index (χ0v) is 17.3. The first-order valence-corrected chi connectivity index (χ1v) is 10.6. The Morgan fingerprint density at radius 1 is 1.32 bits per heavy atom. The van der Waals surface area contributed by atoms with Gasteiger partial charge in [0.25, 0.3) is 0 Å². The summed E-state index contributed by atoms with van der Waals surface area (Å²) in [5.74, 6) is 0.575. The van der Waals surface area contributed by atoms with Crippen LogP contribution in [0.5, 0.6) is 0 Å². The lowest BCUT2D eigenvalue weighted by atomic mass is 10.1. The van der Waals surface area contributed by atoms with Crippen molar-refractivity contribution in [2.45, 2.75) is 25.5 Å². The maximum Gasteiger partial charge on any atom is 0.191 e. The van der Waals surface area contributed by atoms with E-state index in [1.807, 2.05) is 12.1 Å². The first-order chi connectivity index (χ1) is 13.7. The van der Waals surface area contributed by atoms with E-state index in [1.54, 1.807) is 24.5 Å². The SMILES string of the molecule is CN=C(NCCc1ccccc1F)NCC(c1cccs1)N1CCOC(C)C1. The summed E-state index contributed by atoms with van der Waals surface area (Å²) in [4.78, 5) is 8.12. The van der Waals surface area contributed by atoms with Gasteiger partial charge in [-0.25, -0.2) is 4.39 Å². The van der Waals surface area contributed by atoms with Crippen LogP contribution in [-0.2, 0) is 11.2 Å². The Hall–Kier alpha value is -1.96. The minimum Gasteiger partial charge on any atom is -0.376 e. The molecule has 1 aliphatic heterocycles. The van der Waals surface area contributed by atoms with Gasteiger partial charge in [-0.1, -0.05) is 24.3 Å². The first kappa shape index (κ1) is 20.8. The highest BCUT2D eigenvalue weighted by atomic mass is 32.1. The van der Waals surface area contributed by atoms with Gasteiger partial charge in [-0.2, -0.15) is 0 Å². The first-order valence-electron chi connectivity index (χ1n) is 9.74. The third kappa shape index (κ3) is 5.77. The second-order valence-corrected chi connectivity index (χ2v) is 7.91. The predicted octanol–water partition coefficient (Wildman–Crippen LogP) is 3.06. The molecule has 1 aromatic carbocycles. The highest BCUT2D eigenvalue weighted by molar-refractivity contribution is 7.10. The van der Waals surface area contributed by atoms with Crippen molar-refractivity contribution < 1.29 is 9.13 Å². The van der Waals surface area contributed by atoms with Gasteiger partial charge in [-0.3, -0.25) is 9.89 Å². The van der Waals surface area contributed by atoms with Crippen LogP contribution in [0, 0.1) is 5.82 Å². The van der Waals surface area contributed by atoms with E-state index in [2.05, 4.69) is 45.0 Å². The van der Waals surface area contributed by atoms with Crippen molar-refractivity contribution in [2.24, 2.45) is 4.99 Å². The van der Waals surface area contributed by atoms with Crippen molar-refractivity contribution in [3.05, 3.63) is 58.0 Å². The molecule has 2 N–H and O–H groups in total. The summed E-state index contributed by atoms with van der Waals surface area (Å²) in [7, 11) is 1.76. The van der Waals surface area contributed by atoms with Gasteiger partial charge in [0.1, 0.15) is 5.82 Å². The Labute approximate surface area is 170 Å². The van der Waals surface area contributed by atoms with Crippen molar-refractivity contribution >= 4 is 17.3 Å². The number of hydrogen-bond acceptors (Lipinski definition) is 4. The van der Waals surface area contributed by atoms with E-state index in [9.17, 15) is 4.39 Å². The molecule has 1 fully saturated rings. The van der Waals surface area contributed by atoms with Gasteiger partial charge in [0.2, 0.25) is 0 Å². The lowest BCUT2D eigenvalue weighted by Gasteiger charge is -2.37. The number of benzene rings is 1. The molecule has 7 heteroatoms. The highest BCUT2D eigenvalue weighted by Crippen LogP contribution is 2.26. The molecule has 28 heavy (non-hydrogen) atoms. The summed E-state index contributed by atoms with van der Waals surface area (Å²) in [6.45, 7) is 6.11. The quantitative estimate of drug-likeness (QED) is 0.550. The maximum atomic E-state index is 13.8. The van der Waals surface area contributed by atoms with Crippen LogP contribution >= 0.6 is 11.3 Å². The summed E-state index contributed by atoms with van der Waals surface area (Å²) in [6.07, 6.45) is 0.859. The van der Waals surface area contributed by atoms with Crippen LogP contribution < -0.4 is 10.6 Å². The van der Waals surface area contributed by atoms with Crippen molar-refractivity contribution in [3.63, 3.8) is 0 Å². The van der Waals surface area contributed by atoms with Gasteiger partial charge in [0, 0.05) is 38.1 Å². The molecular weight excluding hydrogens is 375 g/mol. The van der Waals surface area contributed by atoms with E-state index in [0.717, 1.165) is 32.2 Å². The fourth-order valence-electron chi connectivity index (χ4n) is 3.45. The molecule has 0 aliphatic carbocycles. The predicted molar refractivity (Wildman–Crippen MR) is 114 cm³/mol. The normalized spacial score (nSPS) is 19.4. The average Bonchev–Trinajstić information content (AvgIpc) is 3.23. The van der Waals surface area contributed by atoms with Gasteiger partial charge in [0.05, 0.1) is 18.8 Å². The van der Waals surface area contributed by atoms with Crippen LogP contribution in [0.1, 0.15) is 23.4 Å². The summed E-state index contributed by atoms with van der Waals surface area (Å²) in [6, 6.07) is 11.4. The van der Waals surface area contributed by atoms with E-state index in [-0.39, 0.29) is 18.0 Å². The monoisotopic (exact) mass is 404 g/mol. The van der Waals surface area contributed by atoms with Crippen LogP contribution in [0.15, 0.2) is 46.8 Å². The molecule has 0 saturated carbocycles. The zero-order valence-electron chi connectivity index (χ0n) is 16.5. The number of nitrogens with zero attached hydrogens (tertiary/aromatic N) is 2. The molecule has 0 spiro atoms. The lowest BCUT2D eigenvalue weighted by molar-refractivity contribution is -0.0334. The Balaban J connectivity index is 1.54. The molecule has 1 saturated heterocycles. The average molecular weight is 405 g/mol. The van der Waals surface area contributed by atoms with Crippen molar-refractivity contribution in [1.82, 2.24) is 15.5 Å². The molecule has 3 rings (SSSR count). The number of thiophene rings is 1. The Morgan fingerprint density at radius 3 is 2.89 bits per heavy atom. The molecule has 2 aromatic rings. The number of guanidine groups is 1. The topological polar surface area (TPSA) is 48.9 Å². The van der Waals surface area contributed by atoms with Crippen LogP contribution in [0.25, 0.3) is 0 Å².